The number of carbonyl (C=O) groups excluding carboxylic acids is 2. The van der Waals surface area contributed by atoms with Crippen molar-refractivity contribution < 1.29 is 19.1 Å². The molecule has 1 aliphatic rings. The van der Waals surface area contributed by atoms with E-state index in [-0.39, 0.29) is 34.7 Å². The normalized spacial score (nSPS) is 19.7. The van der Waals surface area contributed by atoms with E-state index in [1.807, 2.05) is 48.5 Å². The van der Waals surface area contributed by atoms with Crippen LogP contribution in [0.3, 0.4) is 0 Å². The molecule has 0 saturated heterocycles. The second-order valence-corrected chi connectivity index (χ2v) is 12.6. The zero-order valence-corrected chi connectivity index (χ0v) is 24.4. The third-order valence-electron chi connectivity index (χ3n) is 7.23. The predicted octanol–water partition coefficient (Wildman–Crippen LogP) is 6.06. The Hall–Kier alpha value is -3.02. The van der Waals surface area contributed by atoms with Gasteiger partial charge in [0.2, 0.25) is 0 Å². The summed E-state index contributed by atoms with van der Waals surface area (Å²) in [5.41, 5.74) is 2.54. The summed E-state index contributed by atoms with van der Waals surface area (Å²) in [5.74, 6) is 0.963. The fourth-order valence-electron chi connectivity index (χ4n) is 4.66. The molecular formula is C32H46N2O4. The Labute approximate surface area is 228 Å². The Balaban J connectivity index is 1.54. The second kappa shape index (κ2) is 12.2. The first-order valence-electron chi connectivity index (χ1n) is 13.9. The Kier molecular flexibility index (Phi) is 9.50. The van der Waals surface area contributed by atoms with E-state index in [1.54, 1.807) is 13.8 Å². The summed E-state index contributed by atoms with van der Waals surface area (Å²) < 4.78 is 11.8. The number of amides is 2. The minimum absolute atomic E-state index is 0.0569. The molecule has 0 bridgehead atoms. The van der Waals surface area contributed by atoms with Gasteiger partial charge in [-0.2, -0.15) is 0 Å². The molecule has 4 atom stereocenters. The maximum atomic E-state index is 13.0. The van der Waals surface area contributed by atoms with E-state index in [9.17, 15) is 9.59 Å². The highest BCUT2D eigenvalue weighted by Crippen LogP contribution is 2.26. The molecule has 2 amide bonds. The van der Waals surface area contributed by atoms with Gasteiger partial charge in [-0.25, -0.2) is 0 Å². The SMILES string of the molecule is CC(Oc1ccc(C(C)(C)C)cc1)C(=O)NC1CCCCC1NC(=O)C(C)Oc1ccc(C(C)(C)C)cc1. The second-order valence-electron chi connectivity index (χ2n) is 12.6. The number of benzene rings is 2. The van der Waals surface area contributed by atoms with Gasteiger partial charge in [-0.1, -0.05) is 78.6 Å². The van der Waals surface area contributed by atoms with E-state index < -0.39 is 12.2 Å². The first-order chi connectivity index (χ1) is 17.7. The number of ether oxygens (including phenoxy) is 2. The molecule has 3 rings (SSSR count). The quantitative estimate of drug-likeness (QED) is 0.442. The van der Waals surface area contributed by atoms with Crippen molar-refractivity contribution in [3.63, 3.8) is 0 Å². The Bertz CT molecular complexity index is 977. The lowest BCUT2D eigenvalue weighted by molar-refractivity contribution is -0.131. The van der Waals surface area contributed by atoms with Crippen LogP contribution in [-0.4, -0.2) is 36.1 Å². The molecular weight excluding hydrogens is 476 g/mol. The lowest BCUT2D eigenvalue weighted by Crippen LogP contribution is -2.56. The highest BCUT2D eigenvalue weighted by atomic mass is 16.5. The van der Waals surface area contributed by atoms with Crippen LogP contribution in [0.1, 0.15) is 92.2 Å². The topological polar surface area (TPSA) is 76.7 Å². The average molecular weight is 523 g/mol. The molecule has 1 fully saturated rings. The van der Waals surface area contributed by atoms with E-state index >= 15 is 0 Å². The van der Waals surface area contributed by atoms with E-state index in [0.717, 1.165) is 25.7 Å². The molecule has 2 N–H and O–H groups in total. The zero-order valence-electron chi connectivity index (χ0n) is 24.4. The smallest absolute Gasteiger partial charge is 0.261 e. The number of hydrogen-bond donors (Lipinski definition) is 2. The Morgan fingerprint density at radius 2 is 0.974 bits per heavy atom. The van der Waals surface area contributed by atoms with Gasteiger partial charge in [-0.05, 0) is 72.9 Å². The molecule has 1 saturated carbocycles. The molecule has 4 unspecified atom stereocenters. The standard InChI is InChI=1S/C32H46N2O4/c1-21(37-25-17-13-23(14-18-25)31(3,4)5)29(35)33-27-11-9-10-12-28(27)34-30(36)22(2)38-26-19-15-24(16-20-26)32(6,7)8/h13-22,27-28H,9-12H2,1-8H3,(H,33,35)(H,34,36). The highest BCUT2D eigenvalue weighted by Gasteiger charge is 2.31. The van der Waals surface area contributed by atoms with Crippen molar-refractivity contribution in [1.29, 1.82) is 0 Å². The maximum absolute atomic E-state index is 13.0. The summed E-state index contributed by atoms with van der Waals surface area (Å²) in [4.78, 5) is 25.9. The fourth-order valence-corrected chi connectivity index (χ4v) is 4.66. The van der Waals surface area contributed by atoms with Crippen molar-refractivity contribution >= 4 is 11.8 Å². The summed E-state index contributed by atoms with van der Waals surface area (Å²) in [6.45, 7) is 16.5. The maximum Gasteiger partial charge on any atom is 0.261 e. The highest BCUT2D eigenvalue weighted by molar-refractivity contribution is 5.82. The zero-order chi connectivity index (χ0) is 28.1. The Morgan fingerprint density at radius 3 is 1.26 bits per heavy atom. The van der Waals surface area contributed by atoms with Crippen molar-refractivity contribution in [2.45, 2.75) is 116 Å². The van der Waals surface area contributed by atoms with Gasteiger partial charge in [-0.15, -0.1) is 0 Å². The van der Waals surface area contributed by atoms with Crippen molar-refractivity contribution in [1.82, 2.24) is 10.6 Å². The summed E-state index contributed by atoms with van der Waals surface area (Å²) in [6, 6.07) is 15.5. The van der Waals surface area contributed by atoms with Crippen LogP contribution in [0.15, 0.2) is 48.5 Å². The lowest BCUT2D eigenvalue weighted by atomic mass is 9.87. The molecule has 208 valence electrons. The summed E-state index contributed by atoms with van der Waals surface area (Å²) in [6.07, 6.45) is 2.35. The molecule has 6 heteroatoms. The van der Waals surface area contributed by atoms with Gasteiger partial charge >= 0.3 is 0 Å². The number of rotatable bonds is 8. The Morgan fingerprint density at radius 1 is 0.658 bits per heavy atom. The van der Waals surface area contributed by atoms with E-state index in [2.05, 4.69) is 52.2 Å². The molecule has 2 aromatic rings. The third-order valence-corrected chi connectivity index (χ3v) is 7.23. The fraction of sp³-hybridized carbons (Fsp3) is 0.562. The van der Waals surface area contributed by atoms with E-state index in [0.29, 0.717) is 11.5 Å². The number of carbonyl (C=O) groups is 2. The van der Waals surface area contributed by atoms with E-state index in [4.69, 9.17) is 9.47 Å². The predicted molar refractivity (Wildman–Crippen MR) is 153 cm³/mol. The van der Waals surface area contributed by atoms with Gasteiger partial charge in [0.05, 0.1) is 0 Å². The van der Waals surface area contributed by atoms with Crippen molar-refractivity contribution in [2.24, 2.45) is 0 Å². The largest absolute Gasteiger partial charge is 0.481 e. The molecule has 0 spiro atoms. The monoisotopic (exact) mass is 522 g/mol. The molecule has 0 aliphatic heterocycles. The minimum Gasteiger partial charge on any atom is -0.481 e. The molecule has 38 heavy (non-hydrogen) atoms. The summed E-state index contributed by atoms with van der Waals surface area (Å²) >= 11 is 0. The van der Waals surface area contributed by atoms with Crippen LogP contribution in [0.5, 0.6) is 11.5 Å². The lowest BCUT2D eigenvalue weighted by Gasteiger charge is -2.34. The van der Waals surface area contributed by atoms with Gasteiger partial charge in [0.1, 0.15) is 11.5 Å². The van der Waals surface area contributed by atoms with Crippen LogP contribution >= 0.6 is 0 Å². The van der Waals surface area contributed by atoms with Gasteiger partial charge in [0, 0.05) is 12.1 Å². The summed E-state index contributed by atoms with van der Waals surface area (Å²) in [7, 11) is 0. The van der Waals surface area contributed by atoms with Gasteiger partial charge in [0.25, 0.3) is 11.8 Å². The molecule has 0 radical (unpaired) electrons. The molecule has 2 aromatic carbocycles. The first-order valence-corrected chi connectivity index (χ1v) is 13.9. The molecule has 0 aromatic heterocycles. The van der Waals surface area contributed by atoms with Crippen LogP contribution in [-0.2, 0) is 20.4 Å². The van der Waals surface area contributed by atoms with Gasteiger partial charge < -0.3 is 20.1 Å². The van der Waals surface area contributed by atoms with Gasteiger partial charge in [0.15, 0.2) is 12.2 Å². The van der Waals surface area contributed by atoms with Crippen LogP contribution in [0.4, 0.5) is 0 Å². The summed E-state index contributed by atoms with van der Waals surface area (Å²) in [5, 5.41) is 6.24. The van der Waals surface area contributed by atoms with Crippen molar-refractivity contribution in [2.75, 3.05) is 0 Å². The van der Waals surface area contributed by atoms with Crippen LogP contribution in [0.25, 0.3) is 0 Å². The van der Waals surface area contributed by atoms with Crippen molar-refractivity contribution in [3.05, 3.63) is 59.7 Å². The van der Waals surface area contributed by atoms with Crippen LogP contribution in [0.2, 0.25) is 0 Å². The third kappa shape index (κ3) is 8.24. The van der Waals surface area contributed by atoms with Gasteiger partial charge in [-0.3, -0.25) is 9.59 Å². The van der Waals surface area contributed by atoms with Crippen LogP contribution in [0, 0.1) is 0 Å². The number of hydrogen-bond acceptors (Lipinski definition) is 4. The van der Waals surface area contributed by atoms with Crippen LogP contribution < -0.4 is 20.1 Å². The molecule has 6 nitrogen and oxygen atoms in total. The first kappa shape index (κ1) is 29.5. The average Bonchev–Trinajstić information content (AvgIpc) is 2.84. The molecule has 0 heterocycles. The van der Waals surface area contributed by atoms with E-state index in [1.165, 1.54) is 11.1 Å². The minimum atomic E-state index is -0.646. The number of nitrogens with one attached hydrogen (secondary N) is 2. The van der Waals surface area contributed by atoms with Crippen molar-refractivity contribution in [3.8, 4) is 11.5 Å². The molecule has 1 aliphatic carbocycles.